The van der Waals surface area contributed by atoms with Crippen LogP contribution in [-0.4, -0.2) is 9.70 Å². The van der Waals surface area contributed by atoms with Gasteiger partial charge in [0.25, 0.3) is 9.70 Å². The highest BCUT2D eigenvalue weighted by atomic mass is 35.6. The van der Waals surface area contributed by atoms with E-state index in [2.05, 4.69) is 19.2 Å². The zero-order valence-electron chi connectivity index (χ0n) is 9.64. The zero-order chi connectivity index (χ0) is 13.1. The summed E-state index contributed by atoms with van der Waals surface area (Å²) < 4.78 is -1.94. The van der Waals surface area contributed by atoms with E-state index in [0.29, 0.717) is 11.6 Å². The largest absolute Gasteiger partial charge is 0.322 e. The van der Waals surface area contributed by atoms with Crippen LogP contribution in [0.5, 0.6) is 0 Å². The molecular formula is C12H14Cl3NO. The number of amides is 1. The van der Waals surface area contributed by atoms with Crippen molar-refractivity contribution in [3.05, 3.63) is 29.8 Å². The number of rotatable bonds is 3. The number of anilines is 1. The average molecular weight is 295 g/mol. The Labute approximate surface area is 116 Å². The number of halogens is 3. The molecule has 0 aliphatic rings. The molecule has 1 unspecified atom stereocenters. The topological polar surface area (TPSA) is 29.1 Å². The Morgan fingerprint density at radius 1 is 1.35 bits per heavy atom. The van der Waals surface area contributed by atoms with E-state index < -0.39 is 9.70 Å². The molecule has 0 aliphatic carbocycles. The summed E-state index contributed by atoms with van der Waals surface area (Å²) in [5, 5.41) is 2.63. The van der Waals surface area contributed by atoms with Crippen molar-refractivity contribution >= 4 is 46.4 Å². The first-order chi connectivity index (χ1) is 7.86. The zero-order valence-corrected chi connectivity index (χ0v) is 11.9. The second-order valence-corrected chi connectivity index (χ2v) is 6.13. The van der Waals surface area contributed by atoms with Crippen LogP contribution in [0.4, 0.5) is 5.69 Å². The van der Waals surface area contributed by atoms with Gasteiger partial charge in [-0.15, -0.1) is 0 Å². The van der Waals surface area contributed by atoms with Gasteiger partial charge < -0.3 is 5.32 Å². The standard InChI is InChI=1S/C12H14Cl3NO/c1-3-8(2)9-6-4-5-7-10(9)16-11(17)12(13,14)15/h4-8H,3H2,1-2H3,(H,16,17). The van der Waals surface area contributed by atoms with E-state index in [-0.39, 0.29) is 0 Å². The van der Waals surface area contributed by atoms with Crippen molar-refractivity contribution in [1.29, 1.82) is 0 Å². The lowest BCUT2D eigenvalue weighted by Gasteiger charge is -2.17. The monoisotopic (exact) mass is 293 g/mol. The van der Waals surface area contributed by atoms with Crippen LogP contribution in [0.25, 0.3) is 0 Å². The molecule has 0 bridgehead atoms. The lowest BCUT2D eigenvalue weighted by atomic mass is 9.97. The molecular weight excluding hydrogens is 280 g/mol. The fraction of sp³-hybridized carbons (Fsp3) is 0.417. The van der Waals surface area contributed by atoms with Gasteiger partial charge in [0, 0.05) is 5.69 Å². The molecule has 0 saturated carbocycles. The highest BCUT2D eigenvalue weighted by Crippen LogP contribution is 2.31. The predicted molar refractivity (Wildman–Crippen MR) is 74.1 cm³/mol. The molecule has 0 saturated heterocycles. The van der Waals surface area contributed by atoms with Gasteiger partial charge in [0.1, 0.15) is 0 Å². The molecule has 1 atom stereocenters. The number of alkyl halides is 3. The van der Waals surface area contributed by atoms with Gasteiger partial charge in [-0.1, -0.05) is 66.8 Å². The number of para-hydroxylation sites is 1. The van der Waals surface area contributed by atoms with Crippen LogP contribution in [0.2, 0.25) is 0 Å². The van der Waals surface area contributed by atoms with Crippen LogP contribution in [0, 0.1) is 0 Å². The lowest BCUT2D eigenvalue weighted by Crippen LogP contribution is -2.27. The highest BCUT2D eigenvalue weighted by Gasteiger charge is 2.31. The summed E-state index contributed by atoms with van der Waals surface area (Å²) in [5.74, 6) is -0.305. The highest BCUT2D eigenvalue weighted by molar-refractivity contribution is 6.76. The third kappa shape index (κ3) is 4.06. The molecule has 1 aromatic rings. The number of nitrogens with one attached hydrogen (secondary N) is 1. The number of hydrogen-bond acceptors (Lipinski definition) is 1. The first-order valence-electron chi connectivity index (χ1n) is 5.33. The van der Waals surface area contributed by atoms with Gasteiger partial charge in [-0.3, -0.25) is 4.79 Å². The van der Waals surface area contributed by atoms with E-state index in [9.17, 15) is 4.79 Å². The molecule has 0 fully saturated rings. The third-order valence-electron chi connectivity index (χ3n) is 2.61. The van der Waals surface area contributed by atoms with Gasteiger partial charge in [0.2, 0.25) is 0 Å². The van der Waals surface area contributed by atoms with E-state index in [1.807, 2.05) is 18.2 Å². The Bertz CT molecular complexity index is 401. The van der Waals surface area contributed by atoms with Crippen LogP contribution < -0.4 is 5.32 Å². The molecule has 1 rings (SSSR count). The smallest absolute Gasteiger partial charge is 0.276 e. The van der Waals surface area contributed by atoms with Crippen molar-refractivity contribution in [2.75, 3.05) is 5.32 Å². The van der Waals surface area contributed by atoms with Gasteiger partial charge in [0.15, 0.2) is 0 Å². The SMILES string of the molecule is CCC(C)c1ccccc1NC(=O)C(Cl)(Cl)Cl. The van der Waals surface area contributed by atoms with E-state index in [4.69, 9.17) is 34.8 Å². The van der Waals surface area contributed by atoms with Crippen LogP contribution in [0.3, 0.4) is 0 Å². The number of carbonyl (C=O) groups excluding carboxylic acids is 1. The lowest BCUT2D eigenvalue weighted by molar-refractivity contribution is -0.115. The van der Waals surface area contributed by atoms with E-state index in [1.165, 1.54) is 0 Å². The summed E-state index contributed by atoms with van der Waals surface area (Å²) >= 11 is 16.6. The second-order valence-electron chi connectivity index (χ2n) is 3.85. The number of benzene rings is 1. The molecule has 94 valence electrons. The van der Waals surface area contributed by atoms with Crippen LogP contribution >= 0.6 is 34.8 Å². The van der Waals surface area contributed by atoms with E-state index in [1.54, 1.807) is 6.07 Å². The van der Waals surface area contributed by atoms with Crippen molar-refractivity contribution in [2.45, 2.75) is 30.0 Å². The number of hydrogen-bond donors (Lipinski definition) is 1. The third-order valence-corrected chi connectivity index (χ3v) is 3.12. The van der Waals surface area contributed by atoms with Crippen molar-refractivity contribution < 1.29 is 4.79 Å². The molecule has 0 aromatic heterocycles. The quantitative estimate of drug-likeness (QED) is 0.817. The second kappa shape index (κ2) is 5.94. The molecule has 0 radical (unpaired) electrons. The summed E-state index contributed by atoms with van der Waals surface area (Å²) in [6, 6.07) is 7.52. The van der Waals surface area contributed by atoms with Gasteiger partial charge in [-0.05, 0) is 24.0 Å². The van der Waals surface area contributed by atoms with E-state index in [0.717, 1.165) is 12.0 Å². The normalized spacial score (nSPS) is 13.2. The van der Waals surface area contributed by atoms with Crippen molar-refractivity contribution in [3.63, 3.8) is 0 Å². The van der Waals surface area contributed by atoms with Crippen molar-refractivity contribution in [3.8, 4) is 0 Å². The fourth-order valence-corrected chi connectivity index (χ4v) is 1.60. The Morgan fingerprint density at radius 3 is 2.47 bits per heavy atom. The van der Waals surface area contributed by atoms with Gasteiger partial charge in [-0.2, -0.15) is 0 Å². The molecule has 2 nitrogen and oxygen atoms in total. The van der Waals surface area contributed by atoms with Crippen LogP contribution in [-0.2, 0) is 4.79 Å². The fourth-order valence-electron chi connectivity index (χ4n) is 1.45. The minimum atomic E-state index is -1.94. The molecule has 1 N–H and O–H groups in total. The minimum Gasteiger partial charge on any atom is -0.322 e. The molecule has 17 heavy (non-hydrogen) atoms. The Kier molecular flexibility index (Phi) is 5.11. The maximum Gasteiger partial charge on any atom is 0.276 e. The summed E-state index contributed by atoms with van der Waals surface area (Å²) in [4.78, 5) is 11.6. The Hall–Kier alpha value is -0.440. The van der Waals surface area contributed by atoms with Crippen molar-refractivity contribution in [2.24, 2.45) is 0 Å². The Balaban J connectivity index is 2.95. The van der Waals surface area contributed by atoms with Crippen LogP contribution in [0.15, 0.2) is 24.3 Å². The molecule has 5 heteroatoms. The van der Waals surface area contributed by atoms with E-state index >= 15 is 0 Å². The van der Waals surface area contributed by atoms with Crippen LogP contribution in [0.1, 0.15) is 31.7 Å². The molecule has 1 aromatic carbocycles. The van der Waals surface area contributed by atoms with Crippen molar-refractivity contribution in [1.82, 2.24) is 0 Å². The minimum absolute atomic E-state index is 0.335. The summed E-state index contributed by atoms with van der Waals surface area (Å²) in [6.07, 6.45) is 0.973. The first-order valence-corrected chi connectivity index (χ1v) is 6.46. The molecule has 1 amide bonds. The maximum absolute atomic E-state index is 11.6. The molecule has 0 spiro atoms. The average Bonchev–Trinajstić information content (AvgIpc) is 2.27. The van der Waals surface area contributed by atoms with Gasteiger partial charge >= 0.3 is 0 Å². The predicted octanol–water partition coefficient (Wildman–Crippen LogP) is 4.51. The van der Waals surface area contributed by atoms with Gasteiger partial charge in [-0.25, -0.2) is 0 Å². The summed E-state index contributed by atoms with van der Waals surface area (Å²) in [5.41, 5.74) is 1.73. The Morgan fingerprint density at radius 2 is 1.94 bits per heavy atom. The number of carbonyl (C=O) groups is 1. The first kappa shape index (κ1) is 14.6. The summed E-state index contributed by atoms with van der Waals surface area (Å²) in [7, 11) is 0. The molecule has 0 aliphatic heterocycles. The maximum atomic E-state index is 11.6. The van der Waals surface area contributed by atoms with Gasteiger partial charge in [0.05, 0.1) is 0 Å². The summed E-state index contributed by atoms with van der Waals surface area (Å²) in [6.45, 7) is 4.17. The molecule has 0 heterocycles.